The van der Waals surface area contributed by atoms with Crippen molar-refractivity contribution in [1.29, 1.82) is 0 Å². The number of piperazine rings is 1. The molecule has 184 valence electrons. The molecular weight excluding hydrogens is 462 g/mol. The Morgan fingerprint density at radius 1 is 0.971 bits per heavy atom. The van der Waals surface area contributed by atoms with E-state index in [1.807, 2.05) is 19.9 Å². The number of anilines is 3. The largest absolute Gasteiger partial charge is 0.478 e. The monoisotopic (exact) mass is 493 g/mol. The average Bonchev–Trinajstić information content (AvgIpc) is 2.80. The Kier molecular flexibility index (Phi) is 6.76. The van der Waals surface area contributed by atoms with Gasteiger partial charge in [0.15, 0.2) is 0 Å². The van der Waals surface area contributed by atoms with Gasteiger partial charge in [0, 0.05) is 31.4 Å². The van der Waals surface area contributed by atoms with Crippen LogP contribution < -0.4 is 14.5 Å². The van der Waals surface area contributed by atoms with Crippen LogP contribution in [-0.4, -0.2) is 45.2 Å². The van der Waals surface area contributed by atoms with Crippen molar-refractivity contribution in [2.75, 3.05) is 34.2 Å². The molecule has 3 aromatic rings. The molecule has 3 aromatic carbocycles. The van der Waals surface area contributed by atoms with E-state index in [9.17, 15) is 18.3 Å². The third-order valence-electron chi connectivity index (χ3n) is 6.58. The predicted octanol–water partition coefficient (Wildman–Crippen LogP) is 4.83. The van der Waals surface area contributed by atoms with Gasteiger partial charge >= 0.3 is 5.97 Å². The maximum atomic E-state index is 13.2. The maximum absolute atomic E-state index is 13.2. The molecule has 1 aliphatic heterocycles. The first-order valence-electron chi connectivity index (χ1n) is 11.6. The van der Waals surface area contributed by atoms with Gasteiger partial charge in [-0.15, -0.1) is 0 Å². The van der Waals surface area contributed by atoms with Crippen molar-refractivity contribution in [1.82, 2.24) is 0 Å². The number of benzene rings is 3. The lowest BCUT2D eigenvalue weighted by atomic mass is 10.1. The fourth-order valence-electron chi connectivity index (χ4n) is 4.48. The minimum atomic E-state index is -3.91. The molecule has 0 spiro atoms. The summed E-state index contributed by atoms with van der Waals surface area (Å²) in [6.45, 7) is 10.1. The zero-order valence-electron chi connectivity index (χ0n) is 20.4. The molecule has 1 saturated heterocycles. The Labute approximate surface area is 207 Å². The van der Waals surface area contributed by atoms with Gasteiger partial charge in [0.2, 0.25) is 0 Å². The smallest absolute Gasteiger partial charge is 0.335 e. The molecule has 0 bridgehead atoms. The van der Waals surface area contributed by atoms with Crippen LogP contribution in [-0.2, 0) is 10.0 Å². The van der Waals surface area contributed by atoms with Crippen LogP contribution in [0.2, 0.25) is 0 Å². The number of hydrogen-bond donors (Lipinski definition) is 2. The first-order chi connectivity index (χ1) is 16.5. The van der Waals surface area contributed by atoms with Gasteiger partial charge in [-0.1, -0.05) is 18.2 Å². The number of nitrogens with zero attached hydrogens (tertiary/aromatic N) is 2. The van der Waals surface area contributed by atoms with Crippen LogP contribution >= 0.6 is 0 Å². The molecule has 35 heavy (non-hydrogen) atoms. The normalized spacial score (nSPS) is 16.3. The Morgan fingerprint density at radius 3 is 2.40 bits per heavy atom. The summed E-state index contributed by atoms with van der Waals surface area (Å²) in [4.78, 5) is 16.2. The van der Waals surface area contributed by atoms with Crippen molar-refractivity contribution in [3.05, 3.63) is 82.9 Å². The fourth-order valence-corrected chi connectivity index (χ4v) is 5.63. The van der Waals surface area contributed by atoms with E-state index >= 15 is 0 Å². The first kappa shape index (κ1) is 24.6. The van der Waals surface area contributed by atoms with Crippen molar-refractivity contribution in [3.63, 3.8) is 0 Å². The molecule has 0 unspecified atom stereocenters. The van der Waals surface area contributed by atoms with E-state index in [0.29, 0.717) is 18.8 Å². The van der Waals surface area contributed by atoms with Gasteiger partial charge in [-0.05, 0) is 86.8 Å². The Morgan fingerprint density at radius 2 is 1.74 bits per heavy atom. The average molecular weight is 494 g/mol. The molecule has 4 rings (SSSR count). The summed E-state index contributed by atoms with van der Waals surface area (Å²) < 4.78 is 29.1. The lowest BCUT2D eigenvalue weighted by Crippen LogP contribution is -2.52. The van der Waals surface area contributed by atoms with E-state index in [4.69, 9.17) is 0 Å². The van der Waals surface area contributed by atoms with Gasteiger partial charge in [0.25, 0.3) is 10.0 Å². The zero-order chi connectivity index (χ0) is 25.3. The number of aryl methyl sites for hydroxylation is 3. The molecule has 1 heterocycles. The highest BCUT2D eigenvalue weighted by atomic mass is 32.2. The van der Waals surface area contributed by atoms with Gasteiger partial charge in [-0.3, -0.25) is 4.72 Å². The number of rotatable bonds is 6. The highest BCUT2D eigenvalue weighted by Gasteiger charge is 2.27. The van der Waals surface area contributed by atoms with E-state index in [2.05, 4.69) is 46.6 Å². The lowest BCUT2D eigenvalue weighted by Gasteiger charge is -2.43. The molecule has 1 atom stereocenters. The van der Waals surface area contributed by atoms with Crippen molar-refractivity contribution >= 4 is 33.1 Å². The van der Waals surface area contributed by atoms with Crippen LogP contribution in [0, 0.1) is 20.8 Å². The summed E-state index contributed by atoms with van der Waals surface area (Å²) in [5.41, 5.74) is 5.18. The van der Waals surface area contributed by atoms with Crippen LogP contribution in [0.1, 0.15) is 34.0 Å². The molecule has 0 aromatic heterocycles. The molecule has 0 amide bonds. The van der Waals surface area contributed by atoms with Gasteiger partial charge in [-0.25, -0.2) is 13.2 Å². The summed E-state index contributed by atoms with van der Waals surface area (Å²) in [7, 11) is -3.91. The fraction of sp³-hybridized carbons (Fsp3) is 0.296. The van der Waals surface area contributed by atoms with Gasteiger partial charge in [0.1, 0.15) is 0 Å². The highest BCUT2D eigenvalue weighted by molar-refractivity contribution is 7.92. The Balaban J connectivity index is 1.64. The van der Waals surface area contributed by atoms with Crippen LogP contribution in [0.4, 0.5) is 17.1 Å². The second-order valence-electron chi connectivity index (χ2n) is 9.22. The summed E-state index contributed by atoms with van der Waals surface area (Å²) in [5, 5.41) is 9.52. The molecule has 7 nitrogen and oxygen atoms in total. The van der Waals surface area contributed by atoms with E-state index in [0.717, 1.165) is 23.4 Å². The van der Waals surface area contributed by atoms with Crippen LogP contribution in [0.3, 0.4) is 0 Å². The van der Waals surface area contributed by atoms with E-state index in [1.165, 1.54) is 17.7 Å². The van der Waals surface area contributed by atoms with E-state index in [-0.39, 0.29) is 22.2 Å². The van der Waals surface area contributed by atoms with Crippen LogP contribution in [0.5, 0.6) is 0 Å². The number of aromatic carboxylic acids is 1. The molecule has 1 fully saturated rings. The van der Waals surface area contributed by atoms with Gasteiger partial charge in [-0.2, -0.15) is 0 Å². The van der Waals surface area contributed by atoms with Crippen LogP contribution in [0.15, 0.2) is 65.6 Å². The quantitative estimate of drug-likeness (QED) is 0.511. The highest BCUT2D eigenvalue weighted by Crippen LogP contribution is 2.32. The number of sulfonamides is 1. The molecule has 1 aliphatic rings. The lowest BCUT2D eigenvalue weighted by molar-refractivity contribution is 0.0697. The molecule has 8 heteroatoms. The Bertz CT molecular complexity index is 1370. The summed E-state index contributed by atoms with van der Waals surface area (Å²) in [5.74, 6) is -1.11. The summed E-state index contributed by atoms with van der Waals surface area (Å²) >= 11 is 0. The topological polar surface area (TPSA) is 89.9 Å². The molecule has 0 radical (unpaired) electrons. The first-order valence-corrected chi connectivity index (χ1v) is 13.1. The minimum Gasteiger partial charge on any atom is -0.478 e. The minimum absolute atomic E-state index is 0.0259. The maximum Gasteiger partial charge on any atom is 0.335 e. The van der Waals surface area contributed by atoms with Crippen molar-refractivity contribution in [2.24, 2.45) is 0 Å². The number of nitrogens with one attached hydrogen (secondary N) is 1. The van der Waals surface area contributed by atoms with Crippen molar-refractivity contribution < 1.29 is 18.3 Å². The number of carbonyl (C=O) groups is 1. The van der Waals surface area contributed by atoms with E-state index < -0.39 is 16.0 Å². The summed E-state index contributed by atoms with van der Waals surface area (Å²) in [6.07, 6.45) is 0. The summed E-state index contributed by atoms with van der Waals surface area (Å²) in [6, 6.07) is 18.1. The van der Waals surface area contributed by atoms with E-state index in [1.54, 1.807) is 24.3 Å². The Hall–Kier alpha value is -3.52. The second kappa shape index (κ2) is 9.62. The third-order valence-corrected chi connectivity index (χ3v) is 7.94. The predicted molar refractivity (Wildman–Crippen MR) is 140 cm³/mol. The zero-order valence-corrected chi connectivity index (χ0v) is 21.3. The van der Waals surface area contributed by atoms with Gasteiger partial charge < -0.3 is 14.9 Å². The van der Waals surface area contributed by atoms with Crippen molar-refractivity contribution in [3.8, 4) is 0 Å². The number of hydrogen-bond acceptors (Lipinski definition) is 5. The third kappa shape index (κ3) is 5.27. The SMILES string of the molecule is Cc1cccc(N2CCN(c3ccc(C(=O)O)cc3NS(=O)(=O)c3ccc(C)c(C)c3)C[C@@H]2C)c1. The molecular formula is C27H31N3O4S. The second-order valence-corrected chi connectivity index (χ2v) is 10.9. The molecule has 2 N–H and O–H groups in total. The molecule has 0 aliphatic carbocycles. The van der Waals surface area contributed by atoms with Gasteiger partial charge in [0.05, 0.1) is 21.8 Å². The number of carboxylic acid groups (broad SMARTS) is 1. The standard InChI is InChI=1S/C27H31N3O4S/c1-18-6-5-7-23(14-18)30-13-12-29(17-21(30)4)26-11-9-22(27(31)32)16-25(26)28-35(33,34)24-10-8-19(2)20(3)15-24/h5-11,14-16,21,28H,12-13,17H2,1-4H3,(H,31,32)/t21-/m0/s1. The molecule has 0 saturated carbocycles. The van der Waals surface area contributed by atoms with Crippen LogP contribution in [0.25, 0.3) is 0 Å². The number of carboxylic acids is 1. The van der Waals surface area contributed by atoms with Crippen molar-refractivity contribution in [2.45, 2.75) is 38.6 Å².